The molecule has 2 heterocycles. The van der Waals surface area contributed by atoms with Gasteiger partial charge >= 0.3 is 6.18 Å². The fourth-order valence-corrected chi connectivity index (χ4v) is 8.16. The Morgan fingerprint density at radius 1 is 1.22 bits per heavy atom. The summed E-state index contributed by atoms with van der Waals surface area (Å²) in [4.78, 5) is 17.6. The van der Waals surface area contributed by atoms with E-state index < -0.39 is 17.6 Å². The Kier molecular flexibility index (Phi) is 6.02. The van der Waals surface area contributed by atoms with Gasteiger partial charge in [0, 0.05) is 53.7 Å². The smallest absolute Gasteiger partial charge is 0.416 e. The first-order valence-electron chi connectivity index (χ1n) is 14.4. The van der Waals surface area contributed by atoms with E-state index in [1.807, 2.05) is 0 Å². The predicted molar refractivity (Wildman–Crippen MR) is 145 cm³/mol. The number of piperidine rings is 1. The Labute approximate surface area is 237 Å². The third-order valence-electron chi connectivity index (χ3n) is 10.2. The highest BCUT2D eigenvalue weighted by atomic mass is 19.4. The molecular formula is C32H33F3N2O4. The quantitative estimate of drug-likeness (QED) is 0.542. The molecule has 0 aromatic heterocycles. The molecule has 2 aromatic carbocycles. The number of amides is 1. The lowest BCUT2D eigenvalue weighted by Crippen LogP contribution is -2.69. The molecule has 5 aliphatic rings. The lowest BCUT2D eigenvalue weighted by molar-refractivity contribution is -0.137. The predicted octanol–water partition coefficient (Wildman–Crippen LogP) is 4.75. The number of rotatable bonds is 4. The molecule has 2 bridgehead atoms. The summed E-state index contributed by atoms with van der Waals surface area (Å²) in [5, 5.41) is 11.1. The first-order valence-corrected chi connectivity index (χ1v) is 14.4. The number of likely N-dealkylation sites (N-methyl/N-ethyl adjacent to an activating group) is 1. The Bertz CT molecular complexity index is 1460. The molecular weight excluding hydrogens is 533 g/mol. The standard InChI is InChI=1S/C32H33F3N2O4/c1-36(27(39)12-7-18-5-8-20(9-6-18)32(33,34)35)23-11-10-22-24-15-21-25(38)16-26(40-2)29-28(21)31(22,30(23)41-29)13-14-37(24)17-19-3-4-19/h5-6,8-9,16,19,22-24,30,38H,3-4,10-11,13-15,17H2,1-2H3/t22-,23+,24+,30-,31-/m0/s1. The van der Waals surface area contributed by atoms with Gasteiger partial charge < -0.3 is 19.5 Å². The summed E-state index contributed by atoms with van der Waals surface area (Å²) in [6, 6.07) is 6.22. The first kappa shape index (κ1) is 26.5. The number of likely N-dealkylation sites (tertiary alicyclic amines) is 1. The number of methoxy groups -OCH3 is 1. The molecule has 1 saturated heterocycles. The molecule has 41 heavy (non-hydrogen) atoms. The zero-order chi connectivity index (χ0) is 28.7. The number of alkyl halides is 3. The van der Waals surface area contributed by atoms with Gasteiger partial charge in [-0.25, -0.2) is 0 Å². The molecule has 7 rings (SSSR count). The van der Waals surface area contributed by atoms with E-state index in [4.69, 9.17) is 9.47 Å². The average molecular weight is 567 g/mol. The fraction of sp³-hybridized carbons (Fsp3) is 0.531. The van der Waals surface area contributed by atoms with E-state index in [-0.39, 0.29) is 23.3 Å². The normalized spacial score (nSPS) is 29.6. The number of benzene rings is 2. The molecule has 3 fully saturated rings. The van der Waals surface area contributed by atoms with E-state index in [0.29, 0.717) is 29.0 Å². The molecule has 9 heteroatoms. The Hall–Kier alpha value is -3.38. The molecule has 2 saturated carbocycles. The van der Waals surface area contributed by atoms with Crippen molar-refractivity contribution in [3.63, 3.8) is 0 Å². The summed E-state index contributed by atoms with van der Waals surface area (Å²) in [7, 11) is 3.31. The monoisotopic (exact) mass is 566 g/mol. The van der Waals surface area contributed by atoms with Gasteiger partial charge in [-0.1, -0.05) is 5.92 Å². The van der Waals surface area contributed by atoms with Crippen molar-refractivity contribution >= 4 is 5.91 Å². The van der Waals surface area contributed by atoms with Gasteiger partial charge in [0.05, 0.1) is 18.7 Å². The van der Waals surface area contributed by atoms with Crippen LogP contribution in [0, 0.1) is 23.7 Å². The van der Waals surface area contributed by atoms with Crippen LogP contribution >= 0.6 is 0 Å². The van der Waals surface area contributed by atoms with Gasteiger partial charge in [0.15, 0.2) is 11.5 Å². The van der Waals surface area contributed by atoms with Gasteiger partial charge in [0.2, 0.25) is 0 Å². The number of carbonyl (C=O) groups excluding carboxylic acids is 1. The number of ether oxygens (including phenoxy) is 2. The molecule has 216 valence electrons. The van der Waals surface area contributed by atoms with E-state index in [9.17, 15) is 23.1 Å². The highest BCUT2D eigenvalue weighted by Gasteiger charge is 2.67. The van der Waals surface area contributed by atoms with Crippen LogP contribution in [-0.4, -0.2) is 66.2 Å². The van der Waals surface area contributed by atoms with Gasteiger partial charge in [0.1, 0.15) is 11.9 Å². The summed E-state index contributed by atoms with van der Waals surface area (Å²) in [5.41, 5.74) is 1.26. The van der Waals surface area contributed by atoms with Crippen LogP contribution in [0.4, 0.5) is 13.2 Å². The SMILES string of the molecule is COc1cc(O)c2c3c1O[C@H]1[C@H](N(C)C(=O)C#Cc4ccc(C(F)(F)F)cc4)CC[C@H]4[C@@H](C2)N(CC2CC2)CC[C@@]341. The number of hydrogen-bond donors (Lipinski definition) is 1. The maximum absolute atomic E-state index is 13.3. The van der Waals surface area contributed by atoms with Crippen molar-refractivity contribution in [3.8, 4) is 29.1 Å². The minimum atomic E-state index is -4.43. The second-order valence-corrected chi connectivity index (χ2v) is 12.3. The number of carbonyl (C=O) groups is 1. The van der Waals surface area contributed by atoms with Crippen molar-refractivity contribution in [3.05, 3.63) is 52.6 Å². The summed E-state index contributed by atoms with van der Waals surface area (Å²) in [5.74, 6) is 7.53. The van der Waals surface area contributed by atoms with Crippen LogP contribution in [0.15, 0.2) is 30.3 Å². The Morgan fingerprint density at radius 3 is 2.66 bits per heavy atom. The van der Waals surface area contributed by atoms with Crippen LogP contribution in [0.3, 0.4) is 0 Å². The van der Waals surface area contributed by atoms with E-state index in [1.54, 1.807) is 25.1 Å². The molecule has 1 spiro atoms. The molecule has 1 N–H and O–H groups in total. The maximum Gasteiger partial charge on any atom is 0.416 e. The van der Waals surface area contributed by atoms with Gasteiger partial charge in [0.25, 0.3) is 5.91 Å². The molecule has 0 radical (unpaired) electrons. The third kappa shape index (κ3) is 4.09. The van der Waals surface area contributed by atoms with Crippen LogP contribution in [0.2, 0.25) is 0 Å². The lowest BCUT2D eigenvalue weighted by atomic mass is 9.50. The second kappa shape index (κ2) is 9.32. The van der Waals surface area contributed by atoms with Crippen molar-refractivity contribution < 1.29 is 32.5 Å². The van der Waals surface area contributed by atoms with Crippen LogP contribution in [0.5, 0.6) is 17.2 Å². The summed E-state index contributed by atoms with van der Waals surface area (Å²) in [6.45, 7) is 2.05. The van der Waals surface area contributed by atoms with E-state index in [1.165, 1.54) is 25.0 Å². The van der Waals surface area contributed by atoms with Crippen molar-refractivity contribution in [2.75, 3.05) is 27.2 Å². The maximum atomic E-state index is 13.3. The first-order chi connectivity index (χ1) is 19.6. The highest BCUT2D eigenvalue weighted by molar-refractivity contribution is 5.94. The van der Waals surface area contributed by atoms with Crippen molar-refractivity contribution in [1.29, 1.82) is 0 Å². The van der Waals surface area contributed by atoms with E-state index >= 15 is 0 Å². The van der Waals surface area contributed by atoms with Crippen LogP contribution < -0.4 is 9.47 Å². The molecule has 1 amide bonds. The van der Waals surface area contributed by atoms with Gasteiger partial charge in [-0.15, -0.1) is 0 Å². The Balaban J connectivity index is 1.21. The number of halogens is 3. The summed E-state index contributed by atoms with van der Waals surface area (Å²) < 4.78 is 51.2. The topological polar surface area (TPSA) is 62.2 Å². The number of aromatic hydroxyl groups is 1. The molecule has 3 aliphatic carbocycles. The number of hydrogen-bond acceptors (Lipinski definition) is 5. The zero-order valence-electron chi connectivity index (χ0n) is 23.1. The largest absolute Gasteiger partial charge is 0.508 e. The second-order valence-electron chi connectivity index (χ2n) is 12.3. The summed E-state index contributed by atoms with van der Waals surface area (Å²) in [6.07, 6.45) is 1.19. The van der Waals surface area contributed by atoms with Crippen molar-refractivity contribution in [2.24, 2.45) is 11.8 Å². The van der Waals surface area contributed by atoms with Crippen LogP contribution in [0.1, 0.15) is 54.4 Å². The molecule has 6 nitrogen and oxygen atoms in total. The minimum Gasteiger partial charge on any atom is -0.508 e. The van der Waals surface area contributed by atoms with Crippen molar-refractivity contribution in [2.45, 2.75) is 68.3 Å². The van der Waals surface area contributed by atoms with Crippen LogP contribution in [-0.2, 0) is 22.8 Å². The van der Waals surface area contributed by atoms with Gasteiger partial charge in [-0.05, 0) is 81.2 Å². The summed E-state index contributed by atoms with van der Waals surface area (Å²) >= 11 is 0. The van der Waals surface area contributed by atoms with E-state index in [2.05, 4.69) is 16.7 Å². The molecule has 5 atom stereocenters. The average Bonchev–Trinajstić information content (AvgIpc) is 3.71. The van der Waals surface area contributed by atoms with Gasteiger partial charge in [-0.2, -0.15) is 13.2 Å². The zero-order valence-corrected chi connectivity index (χ0v) is 23.1. The Morgan fingerprint density at radius 2 is 1.98 bits per heavy atom. The number of phenolic OH excluding ortho intramolecular Hbond substituents is 1. The number of nitrogens with zero attached hydrogens (tertiary/aromatic N) is 2. The van der Waals surface area contributed by atoms with Crippen LogP contribution in [0.25, 0.3) is 0 Å². The molecule has 0 unspecified atom stereocenters. The minimum absolute atomic E-state index is 0.245. The van der Waals surface area contributed by atoms with Gasteiger partial charge in [-0.3, -0.25) is 9.69 Å². The highest BCUT2D eigenvalue weighted by Crippen LogP contribution is 2.65. The fourth-order valence-electron chi connectivity index (χ4n) is 8.16. The van der Waals surface area contributed by atoms with Crippen molar-refractivity contribution in [1.82, 2.24) is 9.80 Å². The van der Waals surface area contributed by atoms with E-state index in [0.717, 1.165) is 68.0 Å². The molecule has 2 aliphatic heterocycles. The number of phenols is 1. The molecule has 2 aromatic rings. The lowest BCUT2D eigenvalue weighted by Gasteiger charge is -2.60. The third-order valence-corrected chi connectivity index (χ3v) is 10.2.